The number of hydrogen-bond donors (Lipinski definition) is 1. The van der Waals surface area contributed by atoms with Crippen molar-refractivity contribution >= 4 is 38.3 Å². The Balaban J connectivity index is 1.99. The Morgan fingerprint density at radius 1 is 1.12 bits per heavy atom. The molecule has 0 radical (unpaired) electrons. The predicted octanol–water partition coefficient (Wildman–Crippen LogP) is 5.43. The molecule has 0 unspecified atom stereocenters. The van der Waals surface area contributed by atoms with E-state index in [1.54, 1.807) is 7.11 Å². The summed E-state index contributed by atoms with van der Waals surface area (Å²) in [6, 6.07) is 17.6. The molecule has 3 aromatic rings. The van der Waals surface area contributed by atoms with Crippen molar-refractivity contribution in [3.63, 3.8) is 0 Å². The van der Waals surface area contributed by atoms with Crippen LogP contribution >= 0.6 is 15.9 Å². The first-order chi connectivity index (χ1) is 11.6. The smallest absolute Gasteiger partial charge is 0.259 e. The van der Waals surface area contributed by atoms with Gasteiger partial charge in [-0.2, -0.15) is 0 Å². The van der Waals surface area contributed by atoms with Gasteiger partial charge in [0.2, 0.25) is 0 Å². The maximum absolute atomic E-state index is 12.7. The second kappa shape index (κ2) is 7.05. The minimum atomic E-state index is -0.192. The summed E-state index contributed by atoms with van der Waals surface area (Å²) >= 11 is 3.56. The molecular weight excluding hydrogens is 366 g/mol. The van der Waals surface area contributed by atoms with Crippen LogP contribution in [0.15, 0.2) is 59.1 Å². The van der Waals surface area contributed by atoms with Crippen LogP contribution in [0.5, 0.6) is 5.75 Å². The third kappa shape index (κ3) is 3.15. The number of hydrogen-bond acceptors (Lipinski definition) is 2. The minimum absolute atomic E-state index is 0.192. The predicted molar refractivity (Wildman–Crippen MR) is 102 cm³/mol. The zero-order chi connectivity index (χ0) is 17.1. The number of halogens is 1. The average molecular weight is 384 g/mol. The van der Waals surface area contributed by atoms with Crippen molar-refractivity contribution in [3.8, 4) is 5.75 Å². The highest BCUT2D eigenvalue weighted by molar-refractivity contribution is 9.10. The Hall–Kier alpha value is -2.33. The van der Waals surface area contributed by atoms with Gasteiger partial charge in [0.25, 0.3) is 5.91 Å². The van der Waals surface area contributed by atoms with E-state index in [-0.39, 0.29) is 5.91 Å². The summed E-state index contributed by atoms with van der Waals surface area (Å²) in [5, 5.41) is 4.93. The number of carbonyl (C=O) groups is 1. The minimum Gasteiger partial charge on any atom is -0.495 e. The lowest BCUT2D eigenvalue weighted by atomic mass is 10.0. The van der Waals surface area contributed by atoms with Gasteiger partial charge in [0.05, 0.1) is 17.1 Å². The summed E-state index contributed by atoms with van der Waals surface area (Å²) in [4.78, 5) is 12.7. The molecule has 1 N–H and O–H groups in total. The Morgan fingerprint density at radius 3 is 2.50 bits per heavy atom. The molecule has 24 heavy (non-hydrogen) atoms. The second-order valence-electron chi connectivity index (χ2n) is 5.50. The van der Waals surface area contributed by atoms with E-state index in [2.05, 4.69) is 28.2 Å². The largest absolute Gasteiger partial charge is 0.495 e. The van der Waals surface area contributed by atoms with Crippen LogP contribution < -0.4 is 10.1 Å². The number of nitrogens with one attached hydrogen (secondary N) is 1. The normalized spacial score (nSPS) is 10.6. The highest BCUT2D eigenvalue weighted by Gasteiger charge is 2.18. The molecule has 1 amide bonds. The van der Waals surface area contributed by atoms with E-state index < -0.39 is 0 Å². The Bertz CT molecular complexity index is 888. The number of carbonyl (C=O) groups excluding carboxylic acids is 1. The summed E-state index contributed by atoms with van der Waals surface area (Å²) in [6.07, 6.45) is 0.972. The van der Waals surface area contributed by atoms with Crippen molar-refractivity contribution in [2.75, 3.05) is 12.4 Å². The molecule has 0 fully saturated rings. The fraction of sp³-hybridized carbons (Fsp3) is 0.150. The van der Waals surface area contributed by atoms with Crippen molar-refractivity contribution in [3.05, 3.63) is 70.2 Å². The molecule has 3 rings (SSSR count). The number of ether oxygens (including phenoxy) is 1. The van der Waals surface area contributed by atoms with Crippen molar-refractivity contribution in [1.29, 1.82) is 0 Å². The Morgan fingerprint density at radius 2 is 1.83 bits per heavy atom. The first-order valence-electron chi connectivity index (χ1n) is 7.79. The number of fused-ring (bicyclic) bond motifs is 1. The summed E-state index contributed by atoms with van der Waals surface area (Å²) < 4.78 is 6.26. The van der Waals surface area contributed by atoms with E-state index in [0.29, 0.717) is 11.3 Å². The standard InChI is InChI=1S/C20H18BrNO2/c1-3-13-8-10-15(11-9-13)22-20(23)17-12-14-6-4-5-7-16(14)18(21)19(17)24-2/h4-12H,3H2,1-2H3,(H,22,23). The van der Waals surface area contributed by atoms with Crippen LogP contribution in [0.3, 0.4) is 0 Å². The molecule has 4 heteroatoms. The molecular formula is C20H18BrNO2. The van der Waals surface area contributed by atoms with E-state index in [1.807, 2.05) is 54.6 Å². The van der Waals surface area contributed by atoms with Gasteiger partial charge in [-0.1, -0.05) is 43.3 Å². The molecule has 0 heterocycles. The van der Waals surface area contributed by atoms with Gasteiger partial charge >= 0.3 is 0 Å². The van der Waals surface area contributed by atoms with Gasteiger partial charge in [0.1, 0.15) is 5.75 Å². The maximum atomic E-state index is 12.7. The molecule has 0 aliphatic carbocycles. The number of amides is 1. The van der Waals surface area contributed by atoms with Gasteiger partial charge in [-0.3, -0.25) is 4.79 Å². The van der Waals surface area contributed by atoms with Crippen LogP contribution in [0.2, 0.25) is 0 Å². The van der Waals surface area contributed by atoms with Gasteiger partial charge in [-0.15, -0.1) is 0 Å². The van der Waals surface area contributed by atoms with Crippen LogP contribution in [0.1, 0.15) is 22.8 Å². The van der Waals surface area contributed by atoms with E-state index >= 15 is 0 Å². The number of aryl methyl sites for hydroxylation is 1. The van der Waals surface area contributed by atoms with E-state index in [1.165, 1.54) is 5.56 Å². The third-order valence-electron chi connectivity index (χ3n) is 4.01. The third-order valence-corrected chi connectivity index (χ3v) is 4.80. The van der Waals surface area contributed by atoms with Gasteiger partial charge in [-0.25, -0.2) is 0 Å². The molecule has 3 aromatic carbocycles. The number of rotatable bonds is 4. The Kier molecular flexibility index (Phi) is 4.86. The van der Waals surface area contributed by atoms with Crippen molar-refractivity contribution < 1.29 is 9.53 Å². The first-order valence-corrected chi connectivity index (χ1v) is 8.59. The molecule has 0 aromatic heterocycles. The van der Waals surface area contributed by atoms with Crippen LogP contribution in [-0.4, -0.2) is 13.0 Å². The summed E-state index contributed by atoms with van der Waals surface area (Å²) in [5.41, 5.74) is 2.50. The Labute approximate surface area is 149 Å². The molecule has 0 saturated heterocycles. The number of benzene rings is 3. The molecule has 122 valence electrons. The van der Waals surface area contributed by atoms with E-state index in [9.17, 15) is 4.79 Å². The zero-order valence-electron chi connectivity index (χ0n) is 13.6. The molecule has 3 nitrogen and oxygen atoms in total. The highest BCUT2D eigenvalue weighted by Crippen LogP contribution is 2.36. The average Bonchev–Trinajstić information content (AvgIpc) is 2.62. The fourth-order valence-electron chi connectivity index (χ4n) is 2.67. The first kappa shape index (κ1) is 16.5. The topological polar surface area (TPSA) is 38.3 Å². The van der Waals surface area contributed by atoms with Gasteiger partial charge in [0, 0.05) is 5.69 Å². The highest BCUT2D eigenvalue weighted by atomic mass is 79.9. The summed E-state index contributed by atoms with van der Waals surface area (Å²) in [6.45, 7) is 2.10. The van der Waals surface area contributed by atoms with E-state index in [0.717, 1.165) is 27.4 Å². The molecule has 0 saturated carbocycles. The lowest BCUT2D eigenvalue weighted by Crippen LogP contribution is -2.13. The van der Waals surface area contributed by atoms with Crippen LogP contribution in [0.4, 0.5) is 5.69 Å². The van der Waals surface area contributed by atoms with Crippen molar-refractivity contribution in [1.82, 2.24) is 0 Å². The quantitative estimate of drug-likeness (QED) is 0.652. The van der Waals surface area contributed by atoms with Crippen LogP contribution in [0.25, 0.3) is 10.8 Å². The van der Waals surface area contributed by atoms with Crippen molar-refractivity contribution in [2.45, 2.75) is 13.3 Å². The molecule has 0 spiro atoms. The maximum Gasteiger partial charge on any atom is 0.259 e. The van der Waals surface area contributed by atoms with Gasteiger partial charge < -0.3 is 10.1 Å². The molecule has 0 aliphatic rings. The second-order valence-corrected chi connectivity index (χ2v) is 6.29. The van der Waals surface area contributed by atoms with Crippen molar-refractivity contribution in [2.24, 2.45) is 0 Å². The summed E-state index contributed by atoms with van der Waals surface area (Å²) in [7, 11) is 1.57. The molecule has 0 atom stereocenters. The number of anilines is 1. The van der Waals surface area contributed by atoms with E-state index in [4.69, 9.17) is 4.74 Å². The van der Waals surface area contributed by atoms with Crippen LogP contribution in [0, 0.1) is 0 Å². The molecule has 0 aliphatic heterocycles. The lowest BCUT2D eigenvalue weighted by Gasteiger charge is -2.13. The lowest BCUT2D eigenvalue weighted by molar-refractivity contribution is 0.102. The van der Waals surface area contributed by atoms with Gasteiger partial charge in [0.15, 0.2) is 0 Å². The van der Waals surface area contributed by atoms with Gasteiger partial charge in [-0.05, 0) is 56.9 Å². The SMILES string of the molecule is CCc1ccc(NC(=O)c2cc3ccccc3c(Br)c2OC)cc1. The monoisotopic (exact) mass is 383 g/mol. The summed E-state index contributed by atoms with van der Waals surface area (Å²) in [5.74, 6) is 0.346. The zero-order valence-corrected chi connectivity index (χ0v) is 15.2. The molecule has 0 bridgehead atoms. The number of methoxy groups -OCH3 is 1. The van der Waals surface area contributed by atoms with Crippen LogP contribution in [-0.2, 0) is 6.42 Å². The fourth-order valence-corrected chi connectivity index (χ4v) is 3.41.